The molecule has 1 heterocycles. The Labute approximate surface area is 127 Å². The zero-order valence-corrected chi connectivity index (χ0v) is 11.9. The van der Waals surface area contributed by atoms with E-state index in [1.165, 1.54) is 18.2 Å². The van der Waals surface area contributed by atoms with Gasteiger partial charge in [0.1, 0.15) is 19.2 Å². The van der Waals surface area contributed by atoms with Crippen LogP contribution in [0.2, 0.25) is 0 Å². The van der Waals surface area contributed by atoms with Crippen LogP contribution in [-0.2, 0) is 11.3 Å². The number of esters is 1. The molecule has 1 aromatic carbocycles. The van der Waals surface area contributed by atoms with Gasteiger partial charge in [0.25, 0.3) is 5.56 Å². The molecule has 0 aliphatic carbocycles. The van der Waals surface area contributed by atoms with Gasteiger partial charge in [0.05, 0.1) is 13.2 Å². The molecule has 0 saturated heterocycles. The molecule has 0 atom stereocenters. The molecule has 1 N–H and O–H groups in total. The molecule has 0 saturated carbocycles. The van der Waals surface area contributed by atoms with Crippen LogP contribution in [0, 0.1) is 5.82 Å². The van der Waals surface area contributed by atoms with E-state index >= 15 is 0 Å². The molecule has 0 spiro atoms. The van der Waals surface area contributed by atoms with Crippen LogP contribution in [-0.4, -0.2) is 30.1 Å². The molecular formula is C15H13BFNO4. The first-order valence-corrected chi connectivity index (χ1v) is 6.58. The number of nitrogens with zero attached hydrogens (tertiary/aromatic N) is 1. The Bertz CT molecular complexity index is 755. The van der Waals surface area contributed by atoms with E-state index in [-0.39, 0.29) is 29.0 Å². The van der Waals surface area contributed by atoms with Crippen LogP contribution in [0.5, 0.6) is 0 Å². The average molecular weight is 301 g/mol. The van der Waals surface area contributed by atoms with Crippen molar-refractivity contribution in [2.24, 2.45) is 0 Å². The Morgan fingerprint density at radius 2 is 2.00 bits per heavy atom. The largest absolute Gasteiger partial charge is 0.462 e. The van der Waals surface area contributed by atoms with Crippen LogP contribution in [0.25, 0.3) is 5.69 Å². The number of aliphatic hydroxyl groups excluding tert-OH is 1. The predicted molar refractivity (Wildman–Crippen MR) is 79.3 cm³/mol. The molecule has 22 heavy (non-hydrogen) atoms. The topological polar surface area (TPSA) is 68.5 Å². The lowest BCUT2D eigenvalue weighted by Gasteiger charge is -2.16. The third-order valence-corrected chi connectivity index (χ3v) is 3.07. The fourth-order valence-corrected chi connectivity index (χ4v) is 2.05. The van der Waals surface area contributed by atoms with Crippen molar-refractivity contribution >= 4 is 19.3 Å². The number of pyridine rings is 1. The first-order valence-electron chi connectivity index (χ1n) is 6.58. The van der Waals surface area contributed by atoms with Crippen molar-refractivity contribution in [3.63, 3.8) is 0 Å². The van der Waals surface area contributed by atoms with Gasteiger partial charge >= 0.3 is 5.97 Å². The summed E-state index contributed by atoms with van der Waals surface area (Å²) in [6.45, 7) is 1.21. The van der Waals surface area contributed by atoms with Crippen LogP contribution in [0.1, 0.15) is 23.0 Å². The zero-order valence-electron chi connectivity index (χ0n) is 11.9. The van der Waals surface area contributed by atoms with Crippen LogP contribution in [0.3, 0.4) is 0 Å². The van der Waals surface area contributed by atoms with E-state index in [0.717, 1.165) is 16.7 Å². The third-order valence-electron chi connectivity index (χ3n) is 3.07. The lowest BCUT2D eigenvalue weighted by atomic mass is 9.92. The van der Waals surface area contributed by atoms with Gasteiger partial charge in [-0.3, -0.25) is 9.36 Å². The average Bonchev–Trinajstić information content (AvgIpc) is 2.50. The van der Waals surface area contributed by atoms with Gasteiger partial charge in [-0.2, -0.15) is 0 Å². The van der Waals surface area contributed by atoms with Gasteiger partial charge in [-0.05, 0) is 37.3 Å². The quantitative estimate of drug-likeness (QED) is 0.657. The highest BCUT2D eigenvalue weighted by atomic mass is 19.1. The number of benzene rings is 1. The fourth-order valence-electron chi connectivity index (χ4n) is 2.05. The first-order chi connectivity index (χ1) is 10.5. The number of hydrogen-bond acceptors (Lipinski definition) is 4. The maximum atomic E-state index is 13.0. The summed E-state index contributed by atoms with van der Waals surface area (Å²) in [6, 6.07) is 6.20. The number of carbonyl (C=O) groups is 1. The van der Waals surface area contributed by atoms with E-state index in [4.69, 9.17) is 12.6 Å². The van der Waals surface area contributed by atoms with Gasteiger partial charge < -0.3 is 9.84 Å². The van der Waals surface area contributed by atoms with Crippen molar-refractivity contribution in [3.05, 3.63) is 57.8 Å². The van der Waals surface area contributed by atoms with Crippen molar-refractivity contribution in [2.75, 3.05) is 6.61 Å². The van der Waals surface area contributed by atoms with Gasteiger partial charge in [0, 0.05) is 11.4 Å². The highest BCUT2D eigenvalue weighted by Gasteiger charge is 2.19. The number of halogens is 1. The zero-order chi connectivity index (χ0) is 16.3. The molecule has 112 valence electrons. The van der Waals surface area contributed by atoms with E-state index in [9.17, 15) is 19.1 Å². The van der Waals surface area contributed by atoms with Crippen molar-refractivity contribution < 1.29 is 19.0 Å². The monoisotopic (exact) mass is 301 g/mol. The van der Waals surface area contributed by atoms with Crippen molar-refractivity contribution in [2.45, 2.75) is 13.5 Å². The lowest BCUT2D eigenvalue weighted by molar-refractivity contribution is 0.0524. The number of carbonyl (C=O) groups excluding carboxylic acids is 1. The highest BCUT2D eigenvalue weighted by molar-refractivity contribution is 6.33. The van der Waals surface area contributed by atoms with E-state index in [1.807, 2.05) is 0 Å². The maximum Gasteiger partial charge on any atom is 0.343 e. The van der Waals surface area contributed by atoms with E-state index in [0.29, 0.717) is 0 Å². The van der Waals surface area contributed by atoms with Crippen LogP contribution in [0.4, 0.5) is 4.39 Å². The minimum Gasteiger partial charge on any atom is -0.462 e. The molecule has 0 bridgehead atoms. The van der Waals surface area contributed by atoms with E-state index < -0.39 is 24.0 Å². The summed E-state index contributed by atoms with van der Waals surface area (Å²) in [6.07, 6.45) is 0. The van der Waals surface area contributed by atoms with Crippen LogP contribution in [0.15, 0.2) is 35.1 Å². The molecule has 7 heteroatoms. The molecule has 0 aliphatic heterocycles. The molecule has 0 fully saturated rings. The maximum absolute atomic E-state index is 13.0. The summed E-state index contributed by atoms with van der Waals surface area (Å²) in [5, 5.41) is 9.44. The second kappa shape index (κ2) is 6.57. The molecule has 2 aromatic rings. The molecule has 0 amide bonds. The molecule has 5 nitrogen and oxygen atoms in total. The summed E-state index contributed by atoms with van der Waals surface area (Å²) in [5.74, 6) is -1.28. The third kappa shape index (κ3) is 2.94. The normalized spacial score (nSPS) is 10.5. The SMILES string of the molecule is [B]c1cc(C(=O)OCC)c(=O)n(-c2ccc(F)cc2)c1CO. The molecule has 2 rings (SSSR count). The van der Waals surface area contributed by atoms with Crippen molar-refractivity contribution in [1.82, 2.24) is 4.57 Å². The fraction of sp³-hybridized carbons (Fsp3) is 0.200. The summed E-state index contributed by atoms with van der Waals surface area (Å²) in [5.41, 5.74) is -0.475. The van der Waals surface area contributed by atoms with Crippen molar-refractivity contribution in [3.8, 4) is 5.69 Å². The minimum atomic E-state index is -0.806. The second-order valence-electron chi connectivity index (χ2n) is 4.46. The standard InChI is InChI=1S/C15H13BFNO4/c1-2-22-15(21)11-7-12(16)13(8-19)18(14(11)20)10-5-3-9(17)4-6-10/h3-7,19H,2,8H2,1H3. The summed E-state index contributed by atoms with van der Waals surface area (Å²) in [4.78, 5) is 24.3. The Morgan fingerprint density at radius 3 is 2.55 bits per heavy atom. The number of hydrogen-bond donors (Lipinski definition) is 1. The number of ether oxygens (including phenoxy) is 1. The van der Waals surface area contributed by atoms with Gasteiger partial charge in [-0.15, -0.1) is 0 Å². The summed E-state index contributed by atoms with van der Waals surface area (Å²) >= 11 is 0. The minimum absolute atomic E-state index is 0.0643. The van der Waals surface area contributed by atoms with Crippen LogP contribution >= 0.6 is 0 Å². The Balaban J connectivity index is 2.72. The summed E-state index contributed by atoms with van der Waals surface area (Å²) in [7, 11) is 5.80. The molecular weight excluding hydrogens is 288 g/mol. The van der Waals surface area contributed by atoms with E-state index in [1.54, 1.807) is 6.92 Å². The molecule has 1 aromatic heterocycles. The number of aromatic nitrogens is 1. The first kappa shape index (κ1) is 16.0. The Kier molecular flexibility index (Phi) is 4.77. The van der Waals surface area contributed by atoms with Crippen molar-refractivity contribution in [1.29, 1.82) is 0 Å². The van der Waals surface area contributed by atoms with Gasteiger partial charge in [0.2, 0.25) is 0 Å². The van der Waals surface area contributed by atoms with Gasteiger partial charge in [-0.25, -0.2) is 9.18 Å². The van der Waals surface area contributed by atoms with Gasteiger partial charge in [0.15, 0.2) is 0 Å². The van der Waals surface area contributed by atoms with Gasteiger partial charge in [-0.1, -0.05) is 5.46 Å². The Morgan fingerprint density at radius 1 is 1.36 bits per heavy atom. The lowest BCUT2D eigenvalue weighted by Crippen LogP contribution is -2.34. The smallest absolute Gasteiger partial charge is 0.343 e. The molecule has 2 radical (unpaired) electrons. The Hall–Kier alpha value is -2.41. The molecule has 0 aliphatic rings. The predicted octanol–water partition coefficient (Wildman–Crippen LogP) is 0.439. The molecule has 0 unspecified atom stereocenters. The number of rotatable bonds is 4. The van der Waals surface area contributed by atoms with Crippen LogP contribution < -0.4 is 11.0 Å². The number of aliphatic hydroxyl groups is 1. The summed E-state index contributed by atoms with van der Waals surface area (Å²) < 4.78 is 18.9. The second-order valence-corrected chi connectivity index (χ2v) is 4.46. The highest BCUT2D eigenvalue weighted by Crippen LogP contribution is 2.10. The van der Waals surface area contributed by atoms with E-state index in [2.05, 4.69) is 0 Å².